The second-order valence-electron chi connectivity index (χ2n) is 4.19. The van der Waals surface area contributed by atoms with E-state index in [4.69, 9.17) is 10.3 Å². The molecule has 1 aromatic carbocycles. The number of aryl methyl sites for hydroxylation is 1. The SMILES string of the molecule is Cc1cc(NN)nc(CSc2nc3ccccc3o2)n1. The number of hydrogen-bond donors (Lipinski definition) is 2. The molecule has 0 saturated heterocycles. The molecule has 0 amide bonds. The van der Waals surface area contributed by atoms with Crippen molar-refractivity contribution in [2.75, 3.05) is 5.43 Å². The molecule has 0 aliphatic carbocycles. The van der Waals surface area contributed by atoms with Gasteiger partial charge in [-0.3, -0.25) is 0 Å². The highest BCUT2D eigenvalue weighted by atomic mass is 32.2. The zero-order chi connectivity index (χ0) is 13.9. The number of fused-ring (bicyclic) bond motifs is 1. The Bertz CT molecular complexity index is 709. The lowest BCUT2D eigenvalue weighted by atomic mass is 10.3. The van der Waals surface area contributed by atoms with Gasteiger partial charge in [-0.25, -0.2) is 20.8 Å². The summed E-state index contributed by atoms with van der Waals surface area (Å²) in [6, 6.07) is 9.45. The maximum Gasteiger partial charge on any atom is 0.257 e. The van der Waals surface area contributed by atoms with Gasteiger partial charge in [-0.05, 0) is 19.1 Å². The molecule has 0 saturated carbocycles. The monoisotopic (exact) mass is 287 g/mol. The van der Waals surface area contributed by atoms with Crippen molar-refractivity contribution >= 4 is 28.7 Å². The van der Waals surface area contributed by atoms with Crippen molar-refractivity contribution < 1.29 is 4.42 Å². The molecule has 2 aromatic heterocycles. The summed E-state index contributed by atoms with van der Waals surface area (Å²) < 4.78 is 5.63. The van der Waals surface area contributed by atoms with Crippen LogP contribution in [0.1, 0.15) is 11.5 Å². The molecule has 0 unspecified atom stereocenters. The van der Waals surface area contributed by atoms with Crippen LogP contribution in [0.4, 0.5) is 5.82 Å². The summed E-state index contributed by atoms with van der Waals surface area (Å²) in [6.07, 6.45) is 0. The third-order valence-corrected chi connectivity index (χ3v) is 3.47. The number of nitrogens with zero attached hydrogens (tertiary/aromatic N) is 3. The van der Waals surface area contributed by atoms with Gasteiger partial charge in [0.15, 0.2) is 5.58 Å². The molecule has 0 spiro atoms. The number of aromatic nitrogens is 3. The number of nitrogen functional groups attached to an aromatic ring is 1. The highest BCUT2D eigenvalue weighted by Crippen LogP contribution is 2.25. The third-order valence-electron chi connectivity index (χ3n) is 2.65. The zero-order valence-electron chi connectivity index (χ0n) is 10.8. The van der Waals surface area contributed by atoms with E-state index in [1.807, 2.05) is 31.2 Å². The Balaban J connectivity index is 1.77. The van der Waals surface area contributed by atoms with E-state index in [1.165, 1.54) is 11.8 Å². The van der Waals surface area contributed by atoms with Crippen LogP contribution in [0.5, 0.6) is 0 Å². The smallest absolute Gasteiger partial charge is 0.257 e. The molecule has 3 aromatic rings. The molecular formula is C13H13N5OS. The highest BCUT2D eigenvalue weighted by molar-refractivity contribution is 7.98. The fourth-order valence-electron chi connectivity index (χ4n) is 1.81. The van der Waals surface area contributed by atoms with Crippen molar-refractivity contribution in [2.24, 2.45) is 5.84 Å². The van der Waals surface area contributed by atoms with Crippen molar-refractivity contribution in [3.63, 3.8) is 0 Å². The Hall–Kier alpha value is -2.12. The molecule has 0 bridgehead atoms. The number of hydrogen-bond acceptors (Lipinski definition) is 7. The van der Waals surface area contributed by atoms with Crippen molar-refractivity contribution in [3.05, 3.63) is 41.9 Å². The minimum atomic E-state index is 0.573. The molecule has 0 fully saturated rings. The van der Waals surface area contributed by atoms with Gasteiger partial charge < -0.3 is 9.84 Å². The van der Waals surface area contributed by atoms with E-state index < -0.39 is 0 Å². The van der Waals surface area contributed by atoms with Crippen LogP contribution in [0.25, 0.3) is 11.1 Å². The second-order valence-corrected chi connectivity index (χ2v) is 5.12. The van der Waals surface area contributed by atoms with Crippen LogP contribution in [-0.4, -0.2) is 15.0 Å². The van der Waals surface area contributed by atoms with Crippen LogP contribution in [0.15, 0.2) is 40.0 Å². The molecule has 0 atom stereocenters. The van der Waals surface area contributed by atoms with Crippen LogP contribution in [0.3, 0.4) is 0 Å². The van der Waals surface area contributed by atoms with E-state index in [0.29, 0.717) is 22.6 Å². The van der Waals surface area contributed by atoms with Crippen molar-refractivity contribution in [3.8, 4) is 0 Å². The van der Waals surface area contributed by atoms with E-state index in [0.717, 1.165) is 16.8 Å². The number of para-hydroxylation sites is 2. The van der Waals surface area contributed by atoms with Gasteiger partial charge >= 0.3 is 0 Å². The highest BCUT2D eigenvalue weighted by Gasteiger charge is 2.08. The van der Waals surface area contributed by atoms with E-state index in [1.54, 1.807) is 6.07 Å². The minimum absolute atomic E-state index is 0.573. The first-order valence-electron chi connectivity index (χ1n) is 6.04. The summed E-state index contributed by atoms with van der Waals surface area (Å²) in [6.45, 7) is 1.90. The summed E-state index contributed by atoms with van der Waals surface area (Å²) in [5.41, 5.74) is 5.02. The van der Waals surface area contributed by atoms with Crippen molar-refractivity contribution in [1.29, 1.82) is 0 Å². The topological polar surface area (TPSA) is 89.9 Å². The Morgan fingerprint density at radius 2 is 2.10 bits per heavy atom. The van der Waals surface area contributed by atoms with Gasteiger partial charge in [0.05, 0.1) is 5.75 Å². The maximum absolute atomic E-state index is 5.63. The first kappa shape index (κ1) is 12.9. The third kappa shape index (κ3) is 2.73. The number of anilines is 1. The first-order valence-corrected chi connectivity index (χ1v) is 7.03. The molecule has 0 aliphatic rings. The zero-order valence-corrected chi connectivity index (χ0v) is 11.6. The second kappa shape index (κ2) is 5.48. The standard InChI is InChI=1S/C13H13N5OS/c1-8-6-11(18-14)17-12(15-8)7-20-13-16-9-4-2-3-5-10(9)19-13/h2-6H,7,14H2,1H3,(H,15,17,18). The number of thioether (sulfide) groups is 1. The van der Waals surface area contributed by atoms with E-state index in [-0.39, 0.29) is 0 Å². The van der Waals surface area contributed by atoms with E-state index >= 15 is 0 Å². The molecule has 2 heterocycles. The van der Waals surface area contributed by atoms with E-state index in [2.05, 4.69) is 20.4 Å². The predicted octanol–water partition coefficient (Wildman–Crippen LogP) is 2.50. The van der Waals surface area contributed by atoms with Crippen LogP contribution >= 0.6 is 11.8 Å². The normalized spacial score (nSPS) is 10.9. The lowest BCUT2D eigenvalue weighted by Crippen LogP contribution is -2.10. The van der Waals surface area contributed by atoms with Crippen LogP contribution in [0, 0.1) is 6.92 Å². The number of nitrogens with two attached hydrogens (primary N) is 1. The molecule has 0 radical (unpaired) electrons. The van der Waals surface area contributed by atoms with Crippen molar-refractivity contribution in [2.45, 2.75) is 17.9 Å². The van der Waals surface area contributed by atoms with Gasteiger partial charge in [0, 0.05) is 11.8 Å². The molecule has 6 nitrogen and oxygen atoms in total. The van der Waals surface area contributed by atoms with Gasteiger partial charge in [0.25, 0.3) is 5.22 Å². The summed E-state index contributed by atoms with van der Waals surface area (Å²) in [4.78, 5) is 13.0. The van der Waals surface area contributed by atoms with E-state index in [9.17, 15) is 0 Å². The quantitative estimate of drug-likeness (QED) is 0.433. The Morgan fingerprint density at radius 3 is 2.90 bits per heavy atom. The number of nitrogens with one attached hydrogen (secondary N) is 1. The number of benzene rings is 1. The average molecular weight is 287 g/mol. The fraction of sp³-hybridized carbons (Fsp3) is 0.154. The van der Waals surface area contributed by atoms with Crippen LogP contribution in [0.2, 0.25) is 0 Å². The predicted molar refractivity (Wildman–Crippen MR) is 78.1 cm³/mol. The lowest BCUT2D eigenvalue weighted by molar-refractivity contribution is 0.489. The molecule has 7 heteroatoms. The molecule has 0 aliphatic heterocycles. The largest absolute Gasteiger partial charge is 0.431 e. The summed E-state index contributed by atoms with van der Waals surface area (Å²) in [5.74, 6) is 7.23. The van der Waals surface area contributed by atoms with Gasteiger partial charge in [0.1, 0.15) is 17.2 Å². The van der Waals surface area contributed by atoms with Gasteiger partial charge in [0.2, 0.25) is 0 Å². The summed E-state index contributed by atoms with van der Waals surface area (Å²) in [5, 5.41) is 0.610. The van der Waals surface area contributed by atoms with Gasteiger partial charge in [-0.1, -0.05) is 23.9 Å². The summed E-state index contributed by atoms with van der Waals surface area (Å²) in [7, 11) is 0. The molecule has 102 valence electrons. The average Bonchev–Trinajstić information content (AvgIpc) is 2.87. The Morgan fingerprint density at radius 1 is 1.25 bits per heavy atom. The summed E-state index contributed by atoms with van der Waals surface area (Å²) >= 11 is 1.46. The fourth-order valence-corrected chi connectivity index (χ4v) is 2.50. The minimum Gasteiger partial charge on any atom is -0.431 e. The maximum atomic E-state index is 5.63. The lowest BCUT2D eigenvalue weighted by Gasteiger charge is -2.03. The molecule has 3 rings (SSSR count). The molecular weight excluding hydrogens is 274 g/mol. The van der Waals surface area contributed by atoms with Crippen LogP contribution in [-0.2, 0) is 5.75 Å². The Kier molecular flexibility index (Phi) is 3.53. The number of rotatable bonds is 4. The molecule has 3 N–H and O–H groups in total. The molecule has 20 heavy (non-hydrogen) atoms. The number of oxazole rings is 1. The van der Waals surface area contributed by atoms with Gasteiger partial charge in [-0.15, -0.1) is 0 Å². The number of hydrazine groups is 1. The van der Waals surface area contributed by atoms with Crippen molar-refractivity contribution in [1.82, 2.24) is 15.0 Å². The Labute approximate surface area is 119 Å². The van der Waals surface area contributed by atoms with Crippen LogP contribution < -0.4 is 11.3 Å². The van der Waals surface area contributed by atoms with Gasteiger partial charge in [-0.2, -0.15) is 0 Å². The first-order chi connectivity index (χ1) is 9.74.